The van der Waals surface area contributed by atoms with Crippen molar-refractivity contribution >= 4 is 0 Å². The molecule has 4 bridgehead atoms. The summed E-state index contributed by atoms with van der Waals surface area (Å²) in [4.78, 5) is 0. The number of unbranched alkanes of at least 4 members (excludes halogenated alkanes) is 1. The van der Waals surface area contributed by atoms with Gasteiger partial charge in [0.25, 0.3) is 0 Å². The van der Waals surface area contributed by atoms with Crippen molar-refractivity contribution in [3.05, 3.63) is 0 Å². The molecule has 98 valence electrons. The van der Waals surface area contributed by atoms with Crippen molar-refractivity contribution in [2.75, 3.05) is 6.54 Å². The molecule has 1 nitrogen and oxygen atoms in total. The van der Waals surface area contributed by atoms with Gasteiger partial charge in [0.1, 0.15) is 0 Å². The van der Waals surface area contributed by atoms with Gasteiger partial charge in [0.05, 0.1) is 0 Å². The van der Waals surface area contributed by atoms with Gasteiger partial charge in [0, 0.05) is 0 Å². The minimum Gasteiger partial charge on any atom is -0.330 e. The van der Waals surface area contributed by atoms with E-state index < -0.39 is 0 Å². The lowest BCUT2D eigenvalue weighted by Crippen LogP contribution is -2.54. The van der Waals surface area contributed by atoms with Crippen LogP contribution in [-0.2, 0) is 0 Å². The van der Waals surface area contributed by atoms with Crippen LogP contribution in [0.4, 0.5) is 0 Å². The molecule has 2 unspecified atom stereocenters. The fourth-order valence-corrected chi connectivity index (χ4v) is 6.61. The summed E-state index contributed by atoms with van der Waals surface area (Å²) in [5.74, 6) is 1.05. The molecule has 0 radical (unpaired) electrons. The maximum Gasteiger partial charge on any atom is -0.00773 e. The molecule has 0 aromatic carbocycles. The molecule has 0 spiro atoms. The van der Waals surface area contributed by atoms with Gasteiger partial charge in [-0.3, -0.25) is 0 Å². The normalized spacial score (nSPS) is 52.1. The molecule has 4 aliphatic carbocycles. The van der Waals surface area contributed by atoms with Crippen LogP contribution in [0.3, 0.4) is 0 Å². The molecule has 4 rings (SSSR count). The van der Waals surface area contributed by atoms with E-state index in [2.05, 4.69) is 13.8 Å². The first-order chi connectivity index (χ1) is 7.97. The fraction of sp³-hybridized carbons (Fsp3) is 1.00. The molecular weight excluding hydrogens is 206 g/mol. The lowest BCUT2D eigenvalue weighted by molar-refractivity contribution is -0.148. The van der Waals surface area contributed by atoms with Crippen LogP contribution in [0.25, 0.3) is 0 Å². The summed E-state index contributed by atoms with van der Waals surface area (Å²) in [7, 11) is 0. The monoisotopic (exact) mass is 235 g/mol. The highest BCUT2D eigenvalue weighted by molar-refractivity contribution is 5.10. The molecule has 2 N–H and O–H groups in total. The molecule has 4 saturated carbocycles. The van der Waals surface area contributed by atoms with Crippen LogP contribution in [0.5, 0.6) is 0 Å². The molecule has 0 amide bonds. The Labute approximate surface area is 107 Å². The molecular formula is C16H29N. The van der Waals surface area contributed by atoms with Crippen molar-refractivity contribution in [3.8, 4) is 0 Å². The fourth-order valence-electron chi connectivity index (χ4n) is 6.61. The number of hydrogen-bond donors (Lipinski definition) is 1. The minimum atomic E-state index is 0.691. The van der Waals surface area contributed by atoms with Gasteiger partial charge in [-0.2, -0.15) is 0 Å². The molecule has 17 heavy (non-hydrogen) atoms. The third-order valence-corrected chi connectivity index (χ3v) is 5.90. The second-order valence-corrected chi connectivity index (χ2v) is 8.38. The molecule has 4 aliphatic rings. The Bertz CT molecular complexity index is 291. The third kappa shape index (κ3) is 2.05. The topological polar surface area (TPSA) is 26.0 Å². The van der Waals surface area contributed by atoms with Crippen molar-refractivity contribution in [3.63, 3.8) is 0 Å². The molecule has 0 saturated heterocycles. The highest BCUT2D eigenvalue weighted by Gasteiger charge is 2.59. The molecule has 0 aromatic heterocycles. The maximum atomic E-state index is 5.66. The van der Waals surface area contributed by atoms with Crippen molar-refractivity contribution in [2.45, 2.75) is 71.6 Å². The zero-order valence-electron chi connectivity index (χ0n) is 11.7. The van der Waals surface area contributed by atoms with E-state index in [-0.39, 0.29) is 0 Å². The summed E-state index contributed by atoms with van der Waals surface area (Å²) in [5, 5.41) is 0. The first kappa shape index (κ1) is 12.0. The van der Waals surface area contributed by atoms with Crippen LogP contribution in [0.2, 0.25) is 0 Å². The first-order valence-electron chi connectivity index (χ1n) is 7.67. The lowest BCUT2D eigenvalue weighted by atomic mass is 9.40. The van der Waals surface area contributed by atoms with E-state index in [0.717, 1.165) is 17.9 Å². The summed E-state index contributed by atoms with van der Waals surface area (Å²) in [6.07, 6.45) is 13.2. The van der Waals surface area contributed by atoms with Gasteiger partial charge in [-0.05, 0) is 80.1 Å². The second kappa shape index (κ2) is 3.73. The molecule has 4 atom stereocenters. The van der Waals surface area contributed by atoms with Crippen molar-refractivity contribution in [2.24, 2.45) is 27.9 Å². The Morgan fingerprint density at radius 2 is 1.59 bits per heavy atom. The quantitative estimate of drug-likeness (QED) is 0.729. The van der Waals surface area contributed by atoms with Crippen LogP contribution >= 0.6 is 0 Å². The number of hydrogen-bond acceptors (Lipinski definition) is 1. The number of rotatable bonds is 4. The predicted octanol–water partition coefficient (Wildman–Crippen LogP) is 4.11. The summed E-state index contributed by atoms with van der Waals surface area (Å²) in [6.45, 7) is 6.04. The summed E-state index contributed by atoms with van der Waals surface area (Å²) in [6, 6.07) is 0. The largest absolute Gasteiger partial charge is 0.330 e. The second-order valence-electron chi connectivity index (χ2n) is 8.38. The predicted molar refractivity (Wildman–Crippen MR) is 72.7 cm³/mol. The van der Waals surface area contributed by atoms with Crippen LogP contribution in [0.15, 0.2) is 0 Å². The van der Waals surface area contributed by atoms with Gasteiger partial charge >= 0.3 is 0 Å². The Hall–Kier alpha value is -0.0400. The van der Waals surface area contributed by atoms with Crippen molar-refractivity contribution < 1.29 is 0 Å². The van der Waals surface area contributed by atoms with E-state index in [4.69, 9.17) is 5.73 Å². The van der Waals surface area contributed by atoms with E-state index in [1.54, 1.807) is 6.42 Å². The first-order valence-corrected chi connectivity index (χ1v) is 7.67. The molecule has 0 aromatic rings. The van der Waals surface area contributed by atoms with Gasteiger partial charge in [-0.1, -0.05) is 20.3 Å². The maximum absolute atomic E-state index is 5.66. The van der Waals surface area contributed by atoms with Gasteiger partial charge in [-0.25, -0.2) is 0 Å². The van der Waals surface area contributed by atoms with Gasteiger partial charge in [0.15, 0.2) is 0 Å². The van der Waals surface area contributed by atoms with E-state index in [1.165, 1.54) is 51.4 Å². The Balaban J connectivity index is 1.77. The molecule has 0 heterocycles. The lowest BCUT2D eigenvalue weighted by Gasteiger charge is -2.65. The van der Waals surface area contributed by atoms with E-state index in [0.29, 0.717) is 10.8 Å². The van der Waals surface area contributed by atoms with Crippen LogP contribution < -0.4 is 5.73 Å². The summed E-state index contributed by atoms with van der Waals surface area (Å²) < 4.78 is 0. The van der Waals surface area contributed by atoms with Crippen LogP contribution in [0, 0.1) is 22.2 Å². The Morgan fingerprint density at radius 3 is 2.12 bits per heavy atom. The van der Waals surface area contributed by atoms with Gasteiger partial charge in [-0.15, -0.1) is 0 Å². The molecule has 4 fully saturated rings. The molecule has 1 heteroatoms. The summed E-state index contributed by atoms with van der Waals surface area (Å²) in [5.41, 5.74) is 7.76. The minimum absolute atomic E-state index is 0.691. The third-order valence-electron chi connectivity index (χ3n) is 5.90. The van der Waals surface area contributed by atoms with E-state index >= 15 is 0 Å². The average molecular weight is 235 g/mol. The SMILES string of the molecule is C[C@]12CC3CC(CCCCN)(C1)C[C@@](C)(C3)C2. The smallest absolute Gasteiger partial charge is 0.00773 e. The van der Waals surface area contributed by atoms with Gasteiger partial charge < -0.3 is 5.73 Å². The van der Waals surface area contributed by atoms with Crippen molar-refractivity contribution in [1.82, 2.24) is 0 Å². The van der Waals surface area contributed by atoms with Gasteiger partial charge in [0.2, 0.25) is 0 Å². The Morgan fingerprint density at radius 1 is 0.941 bits per heavy atom. The van der Waals surface area contributed by atoms with Crippen LogP contribution in [0.1, 0.15) is 71.6 Å². The van der Waals surface area contributed by atoms with E-state index in [9.17, 15) is 0 Å². The highest BCUT2D eigenvalue weighted by Crippen LogP contribution is 2.70. The van der Waals surface area contributed by atoms with Crippen molar-refractivity contribution in [1.29, 1.82) is 0 Å². The Kier molecular flexibility index (Phi) is 2.63. The zero-order valence-corrected chi connectivity index (χ0v) is 11.7. The van der Waals surface area contributed by atoms with Crippen LogP contribution in [-0.4, -0.2) is 6.54 Å². The zero-order chi connectivity index (χ0) is 12.1. The standard InChI is InChI=1S/C16H29N/c1-14-7-13-8-15(2,10-14)12-16(9-13,11-14)5-3-4-6-17/h13H,3-12,17H2,1-2H3/t13?,14-,15+,16?. The van der Waals surface area contributed by atoms with E-state index in [1.807, 2.05) is 0 Å². The number of nitrogens with two attached hydrogens (primary N) is 1. The average Bonchev–Trinajstić information content (AvgIpc) is 2.11. The highest BCUT2D eigenvalue weighted by atomic mass is 14.6. The molecule has 0 aliphatic heterocycles. The summed E-state index contributed by atoms with van der Waals surface area (Å²) >= 11 is 0.